The van der Waals surface area contributed by atoms with Crippen LogP contribution in [-0.4, -0.2) is 67.0 Å². The molecule has 0 heterocycles. The Morgan fingerprint density at radius 2 is 1.47 bits per heavy atom. The van der Waals surface area contributed by atoms with Gasteiger partial charge in [-0.2, -0.15) is 0 Å². The Balaban J connectivity index is 4.34. The zero-order valence-corrected chi connectivity index (χ0v) is 22.1. The number of carbonyl (C=O) groups is 1. The van der Waals surface area contributed by atoms with Gasteiger partial charge in [-0.15, -0.1) is 0 Å². The second-order valence-electron chi connectivity index (χ2n) is 9.71. The number of phosphoric ester groups is 1. The molecule has 0 aliphatic rings. The molecule has 0 aromatic rings. The van der Waals surface area contributed by atoms with E-state index in [-0.39, 0.29) is 12.5 Å². The smallest absolute Gasteiger partial charge is 0.366 e. The van der Waals surface area contributed by atoms with Crippen LogP contribution in [0, 0.1) is 0 Å². The van der Waals surface area contributed by atoms with Crippen molar-refractivity contribution in [3.05, 3.63) is 0 Å². The molecule has 0 aromatic heterocycles. The Bertz CT molecular complexity index is 527. The summed E-state index contributed by atoms with van der Waals surface area (Å²) in [6.45, 7) is 4.75. The highest BCUT2D eigenvalue weighted by molar-refractivity contribution is 7.47. The molecule has 32 heavy (non-hydrogen) atoms. The summed E-state index contributed by atoms with van der Waals surface area (Å²) >= 11 is 0. The van der Waals surface area contributed by atoms with E-state index in [1.807, 2.05) is 28.1 Å². The number of phosphoric acid groups is 1. The lowest BCUT2D eigenvalue weighted by atomic mass is 10.1. The second kappa shape index (κ2) is 17.9. The second-order valence-corrected chi connectivity index (χ2v) is 11.1. The fourth-order valence-corrected chi connectivity index (χ4v) is 4.05. The molecule has 0 rings (SSSR count). The number of quaternary nitrogens is 1. The maximum absolute atomic E-state index is 12.3. The van der Waals surface area contributed by atoms with Gasteiger partial charge in [0.2, 0.25) is 5.91 Å². The quantitative estimate of drug-likeness (QED) is 0.0946. The molecule has 192 valence electrons. The Morgan fingerprint density at radius 1 is 0.938 bits per heavy atom. The van der Waals surface area contributed by atoms with E-state index in [9.17, 15) is 19.4 Å². The first-order valence-corrected chi connectivity index (χ1v) is 13.9. The number of nitrogens with zero attached hydrogens (tertiary/aromatic N) is 1. The summed E-state index contributed by atoms with van der Waals surface area (Å²) in [4.78, 5) is 22.2. The molecule has 8 nitrogen and oxygen atoms in total. The zero-order chi connectivity index (χ0) is 24.5. The molecule has 0 saturated heterocycles. The molecule has 3 unspecified atom stereocenters. The number of nitrogens with one attached hydrogen (secondary N) is 1. The van der Waals surface area contributed by atoms with Gasteiger partial charge in [0.05, 0.1) is 27.2 Å². The van der Waals surface area contributed by atoms with E-state index in [0.29, 0.717) is 23.9 Å². The number of hydrogen-bond acceptors (Lipinski definition) is 5. The lowest BCUT2D eigenvalue weighted by molar-refractivity contribution is -0.870. The fraction of sp³-hybridized carbons (Fsp3) is 0.957. The average molecular weight is 482 g/mol. The number of aliphatic hydroxyl groups excluding tert-OH is 1. The summed E-state index contributed by atoms with van der Waals surface area (Å²) in [5.41, 5.74) is 0. The third kappa shape index (κ3) is 19.0. The highest BCUT2D eigenvalue weighted by atomic mass is 31.2. The topological polar surface area (TPSA) is 105 Å². The lowest BCUT2D eigenvalue weighted by Crippen LogP contribution is -2.44. The van der Waals surface area contributed by atoms with Crippen molar-refractivity contribution in [2.75, 3.05) is 34.3 Å². The Kier molecular flexibility index (Phi) is 17.6. The van der Waals surface area contributed by atoms with Crippen LogP contribution in [-0.2, 0) is 18.4 Å². The van der Waals surface area contributed by atoms with Gasteiger partial charge >= 0.3 is 7.82 Å². The van der Waals surface area contributed by atoms with Gasteiger partial charge in [0, 0.05) is 6.42 Å². The first-order valence-electron chi connectivity index (χ1n) is 12.4. The van der Waals surface area contributed by atoms with E-state index in [2.05, 4.69) is 12.2 Å². The minimum Gasteiger partial charge on any atom is -0.366 e. The molecule has 3 atom stereocenters. The van der Waals surface area contributed by atoms with Crippen molar-refractivity contribution < 1.29 is 32.9 Å². The average Bonchev–Trinajstić information content (AvgIpc) is 2.68. The van der Waals surface area contributed by atoms with Crippen LogP contribution in [0.25, 0.3) is 0 Å². The molecule has 1 amide bonds. The molecule has 0 aromatic carbocycles. The maximum Gasteiger partial charge on any atom is 0.474 e. The molecule has 0 fully saturated rings. The van der Waals surface area contributed by atoms with Crippen molar-refractivity contribution >= 4 is 13.7 Å². The summed E-state index contributed by atoms with van der Waals surface area (Å²) in [5.74, 6) is -0.171. The van der Waals surface area contributed by atoms with Crippen molar-refractivity contribution in [1.29, 1.82) is 0 Å². The van der Waals surface area contributed by atoms with E-state index in [4.69, 9.17) is 9.05 Å². The van der Waals surface area contributed by atoms with E-state index in [1.165, 1.54) is 38.5 Å². The molecular weight excluding hydrogens is 431 g/mol. The minimum absolute atomic E-state index is 0.0224. The standard InChI is InChI=1S/C23H49N2O6P/c1-6-8-10-11-12-13-14-15-16-18-22(26)24-21(17-9-7-2)23(27)31-32(28,29)30-20-19-25(3,4)5/h21,23,27H,6-20H2,1-5H3,(H-,24,26,28,29)/p+1. The highest BCUT2D eigenvalue weighted by Gasteiger charge is 2.31. The molecule has 0 spiro atoms. The predicted octanol–water partition coefficient (Wildman–Crippen LogP) is 4.74. The van der Waals surface area contributed by atoms with E-state index >= 15 is 0 Å². The van der Waals surface area contributed by atoms with E-state index < -0.39 is 20.2 Å². The van der Waals surface area contributed by atoms with Crippen LogP contribution >= 0.6 is 7.82 Å². The minimum atomic E-state index is -4.42. The lowest BCUT2D eigenvalue weighted by Gasteiger charge is -2.27. The first-order chi connectivity index (χ1) is 15.0. The summed E-state index contributed by atoms with van der Waals surface area (Å²) in [6.07, 6.45) is 11.4. The van der Waals surface area contributed by atoms with Crippen molar-refractivity contribution in [3.8, 4) is 0 Å². The third-order valence-electron chi connectivity index (χ3n) is 5.32. The summed E-state index contributed by atoms with van der Waals surface area (Å²) in [5, 5.41) is 13.1. The van der Waals surface area contributed by atoms with Gasteiger partial charge in [0.15, 0.2) is 6.29 Å². The van der Waals surface area contributed by atoms with Crippen molar-refractivity contribution in [2.24, 2.45) is 0 Å². The van der Waals surface area contributed by atoms with E-state index in [0.717, 1.165) is 32.1 Å². The van der Waals surface area contributed by atoms with Gasteiger partial charge in [0.25, 0.3) is 0 Å². The van der Waals surface area contributed by atoms with Gasteiger partial charge in [-0.1, -0.05) is 78.1 Å². The monoisotopic (exact) mass is 481 g/mol. The summed E-state index contributed by atoms with van der Waals surface area (Å²) in [6, 6.07) is -0.747. The number of aliphatic hydroxyl groups is 1. The van der Waals surface area contributed by atoms with Gasteiger partial charge in [-0.3, -0.25) is 13.8 Å². The molecule has 0 radical (unpaired) electrons. The molecule has 3 N–H and O–H groups in total. The highest BCUT2D eigenvalue weighted by Crippen LogP contribution is 2.44. The van der Waals surface area contributed by atoms with Crippen molar-refractivity contribution in [2.45, 2.75) is 110 Å². The number of amides is 1. The summed E-state index contributed by atoms with van der Waals surface area (Å²) < 4.78 is 22.6. The first kappa shape index (κ1) is 31.5. The fourth-order valence-electron chi connectivity index (χ4n) is 3.26. The normalized spacial score (nSPS) is 15.8. The van der Waals surface area contributed by atoms with Crippen molar-refractivity contribution in [3.63, 3.8) is 0 Å². The zero-order valence-electron chi connectivity index (χ0n) is 21.2. The predicted molar refractivity (Wildman–Crippen MR) is 129 cm³/mol. The molecule has 0 aliphatic carbocycles. The van der Waals surface area contributed by atoms with Crippen LogP contribution in [0.5, 0.6) is 0 Å². The molecule has 9 heteroatoms. The van der Waals surface area contributed by atoms with Crippen LogP contribution in [0.4, 0.5) is 0 Å². The van der Waals surface area contributed by atoms with Gasteiger partial charge in [-0.25, -0.2) is 4.57 Å². The molecule has 0 saturated carbocycles. The number of carbonyl (C=O) groups excluding carboxylic acids is 1. The Morgan fingerprint density at radius 3 is 2.00 bits per heavy atom. The van der Waals surface area contributed by atoms with Crippen LogP contribution in [0.15, 0.2) is 0 Å². The van der Waals surface area contributed by atoms with Gasteiger partial charge < -0.3 is 19.8 Å². The van der Waals surface area contributed by atoms with Crippen LogP contribution in [0.2, 0.25) is 0 Å². The Hall–Kier alpha value is -0.500. The van der Waals surface area contributed by atoms with Crippen molar-refractivity contribution in [1.82, 2.24) is 5.32 Å². The molecule has 0 aliphatic heterocycles. The Labute approximate surface area is 196 Å². The maximum atomic E-state index is 12.3. The SMILES string of the molecule is CCCCCCCCCCCC(=O)NC(CCCC)C(O)OP(=O)(O)OCC[N+](C)(C)C. The van der Waals surface area contributed by atoms with Gasteiger partial charge in [0.1, 0.15) is 13.2 Å². The number of unbranched alkanes of at least 4 members (excludes halogenated alkanes) is 9. The largest absolute Gasteiger partial charge is 0.474 e. The molecule has 0 bridgehead atoms. The summed E-state index contributed by atoms with van der Waals surface area (Å²) in [7, 11) is 1.39. The third-order valence-corrected chi connectivity index (χ3v) is 6.32. The van der Waals surface area contributed by atoms with E-state index in [1.54, 1.807) is 0 Å². The van der Waals surface area contributed by atoms with Crippen LogP contribution in [0.1, 0.15) is 97.3 Å². The number of hydrogen-bond donors (Lipinski definition) is 3. The number of rotatable bonds is 21. The van der Waals surface area contributed by atoms with Crippen LogP contribution in [0.3, 0.4) is 0 Å². The number of likely N-dealkylation sites (N-methyl/N-ethyl adjacent to an activating group) is 1. The molecular formula is C23H50N2O6P+. The van der Waals surface area contributed by atoms with Gasteiger partial charge in [-0.05, 0) is 12.8 Å². The van der Waals surface area contributed by atoms with Crippen LogP contribution < -0.4 is 5.32 Å².